The molecular weight excluding hydrogens is 328 g/mol. The zero-order chi connectivity index (χ0) is 17.7. The molecule has 0 saturated carbocycles. The van der Waals surface area contributed by atoms with Gasteiger partial charge in [0.1, 0.15) is 0 Å². The summed E-state index contributed by atoms with van der Waals surface area (Å²) < 4.78 is 16.2. The molecule has 0 aliphatic carbocycles. The molecule has 1 aliphatic rings. The highest BCUT2D eigenvalue weighted by atomic mass is 32.1. The van der Waals surface area contributed by atoms with Gasteiger partial charge in [0.2, 0.25) is 0 Å². The van der Waals surface area contributed by atoms with Gasteiger partial charge in [0.15, 0.2) is 16.6 Å². The van der Waals surface area contributed by atoms with Crippen LogP contribution in [0.1, 0.15) is 32.4 Å². The minimum atomic E-state index is -0.416. The van der Waals surface area contributed by atoms with Gasteiger partial charge in [-0.15, -0.1) is 0 Å². The van der Waals surface area contributed by atoms with Crippen LogP contribution in [-0.4, -0.2) is 31.4 Å². The molecule has 1 aromatic rings. The first-order valence-electron chi connectivity index (χ1n) is 7.77. The molecule has 1 atom stereocenters. The third-order valence-electron chi connectivity index (χ3n) is 3.58. The number of hydrogen-bond acceptors (Lipinski definition) is 5. The molecule has 2 N–H and O–H groups in total. The Morgan fingerprint density at radius 2 is 1.88 bits per heavy atom. The minimum absolute atomic E-state index is 0.410. The number of benzene rings is 1. The van der Waals surface area contributed by atoms with E-state index in [1.54, 1.807) is 6.92 Å². The first-order valence-corrected chi connectivity index (χ1v) is 8.18. The second-order valence-corrected chi connectivity index (χ2v) is 5.54. The summed E-state index contributed by atoms with van der Waals surface area (Å²) in [5.41, 5.74) is 1.99. The summed E-state index contributed by atoms with van der Waals surface area (Å²) in [5, 5.41) is 6.53. The van der Waals surface area contributed by atoms with Crippen LogP contribution in [0.25, 0.3) is 0 Å². The molecule has 1 aliphatic heterocycles. The molecule has 0 amide bonds. The Bertz CT molecular complexity index is 673. The second-order valence-electron chi connectivity index (χ2n) is 5.13. The number of hydrogen-bond donors (Lipinski definition) is 2. The molecule has 0 aromatic heterocycles. The van der Waals surface area contributed by atoms with Crippen LogP contribution in [0, 0.1) is 0 Å². The zero-order valence-electron chi connectivity index (χ0n) is 14.3. The standard InChI is InChI=1S/C17H22N2O4S/c1-5-22-12-8-7-11(9-13(12)23-6-2)15-14(16(20)21-4)10(3)18-17(24)19-15/h7-9,15H,5-6H2,1-4H3,(H2,18,19,24)/t15-/m1/s1. The van der Waals surface area contributed by atoms with Crippen molar-refractivity contribution >= 4 is 23.3 Å². The molecule has 1 aromatic carbocycles. The Kier molecular flexibility index (Phi) is 6.03. The van der Waals surface area contributed by atoms with E-state index in [0.717, 1.165) is 5.56 Å². The van der Waals surface area contributed by atoms with Crippen molar-refractivity contribution in [2.45, 2.75) is 26.8 Å². The number of nitrogens with one attached hydrogen (secondary N) is 2. The van der Waals surface area contributed by atoms with Crippen molar-refractivity contribution in [1.29, 1.82) is 0 Å². The normalized spacial score (nSPS) is 17.0. The van der Waals surface area contributed by atoms with Crippen molar-refractivity contribution in [3.63, 3.8) is 0 Å². The van der Waals surface area contributed by atoms with Crippen molar-refractivity contribution in [3.05, 3.63) is 35.0 Å². The second kappa shape index (κ2) is 8.01. The van der Waals surface area contributed by atoms with E-state index in [4.69, 9.17) is 26.4 Å². The lowest BCUT2D eigenvalue weighted by molar-refractivity contribution is -0.136. The van der Waals surface area contributed by atoms with Crippen LogP contribution in [0.15, 0.2) is 29.5 Å². The van der Waals surface area contributed by atoms with E-state index in [0.29, 0.717) is 41.1 Å². The van der Waals surface area contributed by atoms with Crippen molar-refractivity contribution < 1.29 is 19.0 Å². The first kappa shape index (κ1) is 18.1. The minimum Gasteiger partial charge on any atom is -0.490 e. The number of carbonyl (C=O) groups is 1. The van der Waals surface area contributed by atoms with E-state index in [1.165, 1.54) is 7.11 Å². The number of carbonyl (C=O) groups excluding carboxylic acids is 1. The van der Waals surface area contributed by atoms with Crippen molar-refractivity contribution in [2.75, 3.05) is 20.3 Å². The van der Waals surface area contributed by atoms with Crippen LogP contribution in [0.5, 0.6) is 11.5 Å². The van der Waals surface area contributed by atoms with E-state index in [9.17, 15) is 4.79 Å². The molecule has 130 valence electrons. The molecular formula is C17H22N2O4S. The summed E-state index contributed by atoms with van der Waals surface area (Å²) in [6, 6.07) is 5.16. The molecule has 0 spiro atoms. The lowest BCUT2D eigenvalue weighted by Crippen LogP contribution is -2.45. The average molecular weight is 350 g/mol. The summed E-state index contributed by atoms with van der Waals surface area (Å²) in [4.78, 5) is 12.2. The highest BCUT2D eigenvalue weighted by Crippen LogP contribution is 2.34. The van der Waals surface area contributed by atoms with Crippen molar-refractivity contribution in [1.82, 2.24) is 10.6 Å². The Morgan fingerprint density at radius 3 is 2.50 bits per heavy atom. The van der Waals surface area contributed by atoms with Gasteiger partial charge >= 0.3 is 5.97 Å². The van der Waals surface area contributed by atoms with Crippen LogP contribution >= 0.6 is 12.2 Å². The summed E-state index contributed by atoms with van der Waals surface area (Å²) in [6.07, 6.45) is 0. The molecule has 0 unspecified atom stereocenters. The van der Waals surface area contributed by atoms with Gasteiger partial charge in [-0.2, -0.15) is 0 Å². The smallest absolute Gasteiger partial charge is 0.337 e. The van der Waals surface area contributed by atoms with Crippen LogP contribution in [-0.2, 0) is 9.53 Å². The summed E-state index contributed by atoms with van der Waals surface area (Å²) in [7, 11) is 1.36. The lowest BCUT2D eigenvalue weighted by atomic mass is 9.95. The summed E-state index contributed by atoms with van der Waals surface area (Å²) in [5.74, 6) is 0.886. The number of esters is 1. The van der Waals surface area contributed by atoms with Crippen LogP contribution in [0.3, 0.4) is 0 Å². The maximum atomic E-state index is 12.2. The molecule has 2 rings (SSSR count). The van der Waals surface area contributed by atoms with Gasteiger partial charge in [-0.05, 0) is 50.7 Å². The Balaban J connectivity index is 2.47. The quantitative estimate of drug-likeness (QED) is 0.603. The van der Waals surface area contributed by atoms with E-state index in [-0.39, 0.29) is 0 Å². The monoisotopic (exact) mass is 350 g/mol. The molecule has 7 heteroatoms. The fourth-order valence-electron chi connectivity index (χ4n) is 2.57. The van der Waals surface area contributed by atoms with Gasteiger partial charge in [-0.25, -0.2) is 4.79 Å². The predicted molar refractivity (Wildman–Crippen MR) is 95.1 cm³/mol. The average Bonchev–Trinajstić information content (AvgIpc) is 2.55. The van der Waals surface area contributed by atoms with Gasteiger partial charge in [-0.1, -0.05) is 6.07 Å². The fraction of sp³-hybridized carbons (Fsp3) is 0.412. The number of methoxy groups -OCH3 is 1. The molecule has 1 heterocycles. The van der Waals surface area contributed by atoms with Crippen LogP contribution in [0.2, 0.25) is 0 Å². The van der Waals surface area contributed by atoms with Gasteiger partial charge < -0.3 is 24.8 Å². The number of rotatable bonds is 6. The van der Waals surface area contributed by atoms with Gasteiger partial charge in [-0.3, -0.25) is 0 Å². The number of allylic oxidation sites excluding steroid dienone is 1. The zero-order valence-corrected chi connectivity index (χ0v) is 15.1. The van der Waals surface area contributed by atoms with E-state index < -0.39 is 12.0 Å². The first-order chi connectivity index (χ1) is 11.5. The predicted octanol–water partition coefficient (Wildman–Crippen LogP) is 2.45. The van der Waals surface area contributed by atoms with E-state index in [2.05, 4.69) is 10.6 Å². The van der Waals surface area contributed by atoms with Gasteiger partial charge in [0.25, 0.3) is 0 Å². The van der Waals surface area contributed by atoms with Crippen LogP contribution in [0.4, 0.5) is 0 Å². The Labute approximate surface area is 147 Å². The number of ether oxygens (including phenoxy) is 3. The van der Waals surface area contributed by atoms with Gasteiger partial charge in [0.05, 0.1) is 31.9 Å². The molecule has 0 bridgehead atoms. The van der Waals surface area contributed by atoms with Gasteiger partial charge in [0, 0.05) is 5.70 Å². The molecule has 24 heavy (non-hydrogen) atoms. The lowest BCUT2D eigenvalue weighted by Gasteiger charge is -2.30. The largest absolute Gasteiger partial charge is 0.490 e. The van der Waals surface area contributed by atoms with Crippen LogP contribution < -0.4 is 20.1 Å². The summed E-state index contributed by atoms with van der Waals surface area (Å²) in [6.45, 7) is 6.67. The maximum Gasteiger partial charge on any atom is 0.337 e. The SMILES string of the molecule is CCOc1ccc([C@H]2NC(=S)NC(C)=C2C(=O)OC)cc1OCC. The van der Waals surface area contributed by atoms with E-state index >= 15 is 0 Å². The highest BCUT2D eigenvalue weighted by Gasteiger charge is 2.31. The Hall–Kier alpha value is -2.28. The van der Waals surface area contributed by atoms with Crippen molar-refractivity contribution in [2.24, 2.45) is 0 Å². The maximum absolute atomic E-state index is 12.2. The molecule has 0 saturated heterocycles. The topological polar surface area (TPSA) is 68.8 Å². The number of thiocarbonyl (C=S) groups is 1. The highest BCUT2D eigenvalue weighted by molar-refractivity contribution is 7.80. The Morgan fingerprint density at radius 1 is 1.21 bits per heavy atom. The van der Waals surface area contributed by atoms with E-state index in [1.807, 2.05) is 32.0 Å². The molecule has 0 fully saturated rings. The third kappa shape index (κ3) is 3.79. The summed E-state index contributed by atoms with van der Waals surface area (Å²) >= 11 is 5.22. The van der Waals surface area contributed by atoms with Crippen molar-refractivity contribution in [3.8, 4) is 11.5 Å². The third-order valence-corrected chi connectivity index (χ3v) is 3.80. The molecule has 6 nitrogen and oxygen atoms in total. The molecule has 0 radical (unpaired) electrons. The fourth-order valence-corrected chi connectivity index (χ4v) is 2.84.